The Labute approximate surface area is 159 Å². The Hall–Kier alpha value is -2.46. The fraction of sp³-hybridized carbons (Fsp3) is 0.286. The van der Waals surface area contributed by atoms with Gasteiger partial charge in [-0.3, -0.25) is 4.79 Å². The zero-order valence-corrected chi connectivity index (χ0v) is 15.7. The molecule has 136 valence electrons. The molecule has 1 aliphatic heterocycles. The minimum absolute atomic E-state index is 0.0246. The number of ether oxygens (including phenoxy) is 2. The van der Waals surface area contributed by atoms with Crippen molar-refractivity contribution in [2.24, 2.45) is 0 Å². The maximum absolute atomic E-state index is 12.8. The van der Waals surface area contributed by atoms with Crippen LogP contribution in [0.2, 0.25) is 5.02 Å². The van der Waals surface area contributed by atoms with Crippen molar-refractivity contribution in [2.75, 3.05) is 20.8 Å². The summed E-state index contributed by atoms with van der Waals surface area (Å²) in [6, 6.07) is 13.1. The van der Waals surface area contributed by atoms with E-state index in [0.29, 0.717) is 5.02 Å². The first-order valence-electron chi connectivity index (χ1n) is 8.59. The summed E-state index contributed by atoms with van der Waals surface area (Å²) < 4.78 is 10.8. The van der Waals surface area contributed by atoms with E-state index in [2.05, 4.69) is 0 Å². The van der Waals surface area contributed by atoms with Gasteiger partial charge in [0, 0.05) is 23.2 Å². The maximum atomic E-state index is 12.8. The Kier molecular flexibility index (Phi) is 5.84. The standard InChI is InChI=1S/C21H22ClNO3/c1-25-16-10-11-20(26-2)17(14-16)19-8-5-13-23(19)21(24)12-9-15-6-3-4-7-18(15)22/h3-4,6-7,9-12,14,19H,5,8,13H2,1-2H3/b12-9+. The Bertz CT molecular complexity index is 819. The second kappa shape index (κ2) is 8.28. The average molecular weight is 372 g/mol. The van der Waals surface area contributed by atoms with Gasteiger partial charge in [-0.2, -0.15) is 0 Å². The minimum atomic E-state index is -0.0303. The number of carbonyl (C=O) groups is 1. The molecular weight excluding hydrogens is 350 g/mol. The molecule has 3 rings (SSSR count). The molecule has 0 bridgehead atoms. The van der Waals surface area contributed by atoms with Crippen molar-refractivity contribution >= 4 is 23.6 Å². The number of rotatable bonds is 5. The number of hydrogen-bond acceptors (Lipinski definition) is 3. The van der Waals surface area contributed by atoms with Gasteiger partial charge in [0.15, 0.2) is 0 Å². The molecule has 0 radical (unpaired) electrons. The molecule has 1 amide bonds. The number of carbonyl (C=O) groups excluding carboxylic acids is 1. The van der Waals surface area contributed by atoms with Gasteiger partial charge < -0.3 is 14.4 Å². The fourth-order valence-electron chi connectivity index (χ4n) is 3.32. The van der Waals surface area contributed by atoms with Crippen molar-refractivity contribution in [1.82, 2.24) is 4.90 Å². The first-order chi connectivity index (χ1) is 12.6. The van der Waals surface area contributed by atoms with E-state index in [-0.39, 0.29) is 11.9 Å². The molecule has 0 saturated carbocycles. The fourth-order valence-corrected chi connectivity index (χ4v) is 3.52. The first-order valence-corrected chi connectivity index (χ1v) is 8.97. The molecule has 1 heterocycles. The summed E-state index contributed by atoms with van der Waals surface area (Å²) in [4.78, 5) is 14.7. The Morgan fingerprint density at radius 3 is 2.73 bits per heavy atom. The lowest BCUT2D eigenvalue weighted by Crippen LogP contribution is -2.29. The summed E-state index contributed by atoms with van der Waals surface area (Å²) >= 11 is 6.16. The van der Waals surface area contributed by atoms with Crippen molar-refractivity contribution in [3.8, 4) is 11.5 Å². The second-order valence-electron chi connectivity index (χ2n) is 6.15. The van der Waals surface area contributed by atoms with Gasteiger partial charge in [-0.25, -0.2) is 0 Å². The zero-order valence-electron chi connectivity index (χ0n) is 14.9. The number of nitrogens with zero attached hydrogens (tertiary/aromatic N) is 1. The molecule has 2 aromatic rings. The van der Waals surface area contributed by atoms with Gasteiger partial charge in [-0.15, -0.1) is 0 Å². The quantitative estimate of drug-likeness (QED) is 0.713. The molecule has 0 aliphatic carbocycles. The Morgan fingerprint density at radius 1 is 1.19 bits per heavy atom. The van der Waals surface area contributed by atoms with Gasteiger partial charge in [0.25, 0.3) is 0 Å². The highest BCUT2D eigenvalue weighted by Gasteiger charge is 2.31. The van der Waals surface area contributed by atoms with E-state index in [9.17, 15) is 4.79 Å². The maximum Gasteiger partial charge on any atom is 0.247 e. The topological polar surface area (TPSA) is 38.8 Å². The second-order valence-corrected chi connectivity index (χ2v) is 6.56. The summed E-state index contributed by atoms with van der Waals surface area (Å²) in [5.41, 5.74) is 1.81. The molecule has 0 N–H and O–H groups in total. The lowest BCUT2D eigenvalue weighted by molar-refractivity contribution is -0.126. The van der Waals surface area contributed by atoms with E-state index < -0.39 is 0 Å². The third-order valence-electron chi connectivity index (χ3n) is 4.64. The van der Waals surface area contributed by atoms with Crippen molar-refractivity contribution in [1.29, 1.82) is 0 Å². The molecule has 26 heavy (non-hydrogen) atoms. The van der Waals surface area contributed by atoms with E-state index in [1.807, 2.05) is 47.4 Å². The van der Waals surface area contributed by atoms with E-state index in [0.717, 1.165) is 42.0 Å². The smallest absolute Gasteiger partial charge is 0.247 e. The number of hydrogen-bond donors (Lipinski definition) is 0. The normalized spacial score (nSPS) is 16.9. The third-order valence-corrected chi connectivity index (χ3v) is 4.99. The number of amides is 1. The van der Waals surface area contributed by atoms with Gasteiger partial charge in [0.2, 0.25) is 5.91 Å². The van der Waals surface area contributed by atoms with Crippen molar-refractivity contribution < 1.29 is 14.3 Å². The molecular formula is C21H22ClNO3. The van der Waals surface area contributed by atoms with Crippen LogP contribution in [0.5, 0.6) is 11.5 Å². The van der Waals surface area contributed by atoms with Crippen LogP contribution in [0.1, 0.15) is 30.0 Å². The van der Waals surface area contributed by atoms with E-state index in [4.69, 9.17) is 21.1 Å². The molecule has 1 atom stereocenters. The summed E-state index contributed by atoms with van der Waals surface area (Å²) in [6.07, 6.45) is 5.21. The van der Waals surface area contributed by atoms with Gasteiger partial charge in [-0.05, 0) is 48.7 Å². The molecule has 2 aromatic carbocycles. The van der Waals surface area contributed by atoms with E-state index >= 15 is 0 Å². The van der Waals surface area contributed by atoms with Crippen LogP contribution in [-0.2, 0) is 4.79 Å². The van der Waals surface area contributed by atoms with Gasteiger partial charge in [0.1, 0.15) is 11.5 Å². The first kappa shape index (κ1) is 18.3. The predicted molar refractivity (Wildman–Crippen MR) is 104 cm³/mol. The number of halogens is 1. The van der Waals surface area contributed by atoms with Crippen LogP contribution in [0, 0.1) is 0 Å². The Morgan fingerprint density at radius 2 is 2.00 bits per heavy atom. The largest absolute Gasteiger partial charge is 0.497 e. The molecule has 1 saturated heterocycles. The van der Waals surface area contributed by atoms with Crippen molar-refractivity contribution in [3.05, 3.63) is 64.7 Å². The molecule has 0 aromatic heterocycles. The van der Waals surface area contributed by atoms with Crippen LogP contribution in [0.4, 0.5) is 0 Å². The summed E-state index contributed by atoms with van der Waals surface area (Å²) in [5, 5.41) is 0.629. The van der Waals surface area contributed by atoms with Gasteiger partial charge >= 0.3 is 0 Å². The SMILES string of the molecule is COc1ccc(OC)c(C2CCCN2C(=O)/C=C/c2ccccc2Cl)c1. The van der Waals surface area contributed by atoms with E-state index in [1.54, 1.807) is 26.4 Å². The van der Waals surface area contributed by atoms with Crippen LogP contribution in [0.15, 0.2) is 48.5 Å². The minimum Gasteiger partial charge on any atom is -0.497 e. The average Bonchev–Trinajstić information content (AvgIpc) is 3.16. The number of methoxy groups -OCH3 is 2. The van der Waals surface area contributed by atoms with Crippen molar-refractivity contribution in [3.63, 3.8) is 0 Å². The van der Waals surface area contributed by atoms with Crippen LogP contribution in [0.3, 0.4) is 0 Å². The summed E-state index contributed by atoms with van der Waals surface area (Å²) in [5.74, 6) is 1.49. The highest BCUT2D eigenvalue weighted by molar-refractivity contribution is 6.32. The van der Waals surface area contributed by atoms with Crippen LogP contribution >= 0.6 is 11.6 Å². The van der Waals surface area contributed by atoms with Gasteiger partial charge in [0.05, 0.1) is 20.3 Å². The zero-order chi connectivity index (χ0) is 18.5. The third kappa shape index (κ3) is 3.86. The number of likely N-dealkylation sites (tertiary alicyclic amines) is 1. The highest BCUT2D eigenvalue weighted by Crippen LogP contribution is 2.39. The monoisotopic (exact) mass is 371 g/mol. The van der Waals surface area contributed by atoms with Crippen LogP contribution in [0.25, 0.3) is 6.08 Å². The Balaban J connectivity index is 1.84. The lowest BCUT2D eigenvalue weighted by atomic mass is 10.0. The van der Waals surface area contributed by atoms with Crippen LogP contribution in [-0.4, -0.2) is 31.6 Å². The molecule has 4 nitrogen and oxygen atoms in total. The highest BCUT2D eigenvalue weighted by atomic mass is 35.5. The van der Waals surface area contributed by atoms with Crippen LogP contribution < -0.4 is 9.47 Å². The van der Waals surface area contributed by atoms with E-state index in [1.165, 1.54) is 0 Å². The summed E-state index contributed by atoms with van der Waals surface area (Å²) in [6.45, 7) is 0.719. The predicted octanol–water partition coefficient (Wildman–Crippen LogP) is 4.73. The molecule has 0 spiro atoms. The lowest BCUT2D eigenvalue weighted by Gasteiger charge is -2.25. The molecule has 1 aliphatic rings. The molecule has 1 fully saturated rings. The molecule has 5 heteroatoms. The number of benzene rings is 2. The summed E-state index contributed by atoms with van der Waals surface area (Å²) in [7, 11) is 3.28. The van der Waals surface area contributed by atoms with Gasteiger partial charge in [-0.1, -0.05) is 29.8 Å². The van der Waals surface area contributed by atoms with Crippen molar-refractivity contribution in [2.45, 2.75) is 18.9 Å². The molecule has 1 unspecified atom stereocenters.